The van der Waals surface area contributed by atoms with Crippen LogP contribution in [0.4, 0.5) is 13.2 Å². The van der Waals surface area contributed by atoms with Gasteiger partial charge in [-0.3, -0.25) is 4.79 Å². The van der Waals surface area contributed by atoms with E-state index in [-0.39, 0.29) is 17.4 Å². The molecule has 1 N–H and O–H groups in total. The minimum Gasteiger partial charge on any atom is -0.478 e. The van der Waals surface area contributed by atoms with Crippen LogP contribution in [0.1, 0.15) is 61.0 Å². The van der Waals surface area contributed by atoms with Crippen molar-refractivity contribution < 1.29 is 27.9 Å². The van der Waals surface area contributed by atoms with Gasteiger partial charge in [-0.05, 0) is 36.5 Å². The van der Waals surface area contributed by atoms with Crippen molar-refractivity contribution in [2.45, 2.75) is 45.7 Å². The van der Waals surface area contributed by atoms with E-state index in [1.807, 2.05) is 13.8 Å². The topological polar surface area (TPSA) is 57.6 Å². The Balaban J connectivity index is 0.00000139. The predicted octanol–water partition coefficient (Wildman–Crippen LogP) is 4.16. The first-order valence-electron chi connectivity index (χ1n) is 7.90. The molecule has 0 radical (unpaired) electrons. The number of piperidine rings is 1. The van der Waals surface area contributed by atoms with Crippen LogP contribution in [0.15, 0.2) is 18.2 Å². The Morgan fingerprint density at radius 3 is 2.12 bits per heavy atom. The third kappa shape index (κ3) is 4.72. The van der Waals surface area contributed by atoms with Gasteiger partial charge in [-0.1, -0.05) is 19.9 Å². The van der Waals surface area contributed by atoms with Crippen LogP contribution >= 0.6 is 0 Å². The lowest BCUT2D eigenvalue weighted by Gasteiger charge is -2.32. The van der Waals surface area contributed by atoms with Crippen molar-refractivity contribution in [3.63, 3.8) is 0 Å². The maximum Gasteiger partial charge on any atom is 0.416 e. The van der Waals surface area contributed by atoms with Crippen molar-refractivity contribution in [2.75, 3.05) is 13.1 Å². The number of benzene rings is 1. The minimum atomic E-state index is -4.57. The average Bonchev–Trinajstić information content (AvgIpc) is 2.55. The van der Waals surface area contributed by atoms with Gasteiger partial charge in [0.2, 0.25) is 5.91 Å². The van der Waals surface area contributed by atoms with Crippen molar-refractivity contribution in [3.05, 3.63) is 34.9 Å². The van der Waals surface area contributed by atoms with Gasteiger partial charge in [-0.25, -0.2) is 4.79 Å². The van der Waals surface area contributed by atoms with Gasteiger partial charge in [0.15, 0.2) is 0 Å². The highest BCUT2D eigenvalue weighted by molar-refractivity contribution is 5.90. The van der Waals surface area contributed by atoms with Crippen LogP contribution in [0.3, 0.4) is 0 Å². The molecule has 0 aromatic heterocycles. The molecule has 4 nitrogen and oxygen atoms in total. The summed E-state index contributed by atoms with van der Waals surface area (Å²) >= 11 is 0. The molecule has 24 heavy (non-hydrogen) atoms. The first-order chi connectivity index (χ1) is 11.2. The molecule has 0 bridgehead atoms. The van der Waals surface area contributed by atoms with Gasteiger partial charge in [-0.15, -0.1) is 0 Å². The molecule has 134 valence electrons. The normalized spacial score (nSPS) is 15.5. The van der Waals surface area contributed by atoms with Gasteiger partial charge in [-0.2, -0.15) is 13.2 Å². The van der Waals surface area contributed by atoms with Crippen LogP contribution in [-0.4, -0.2) is 35.0 Å². The number of likely N-dealkylation sites (tertiary alicyclic amines) is 1. The van der Waals surface area contributed by atoms with Crippen molar-refractivity contribution in [1.29, 1.82) is 0 Å². The maximum absolute atomic E-state index is 12.7. The van der Waals surface area contributed by atoms with Gasteiger partial charge in [0.1, 0.15) is 0 Å². The van der Waals surface area contributed by atoms with Gasteiger partial charge in [0.05, 0.1) is 11.1 Å². The molecule has 2 rings (SSSR count). The lowest BCUT2D eigenvalue weighted by molar-refractivity contribution is -0.137. The fraction of sp³-hybridized carbons (Fsp3) is 0.529. The number of aromatic carboxylic acids is 1. The van der Waals surface area contributed by atoms with E-state index in [4.69, 9.17) is 0 Å². The van der Waals surface area contributed by atoms with Crippen LogP contribution in [0, 0.1) is 0 Å². The number of carboxylic acids is 1. The van der Waals surface area contributed by atoms with Crippen molar-refractivity contribution in [2.24, 2.45) is 0 Å². The van der Waals surface area contributed by atoms with E-state index in [1.54, 1.807) is 4.90 Å². The molecule has 0 spiro atoms. The zero-order valence-corrected chi connectivity index (χ0v) is 14.0. The summed E-state index contributed by atoms with van der Waals surface area (Å²) in [4.78, 5) is 24.2. The summed E-state index contributed by atoms with van der Waals surface area (Å²) < 4.78 is 38.1. The number of carbonyl (C=O) groups excluding carboxylic acids is 1. The molecule has 0 unspecified atom stereocenters. The number of rotatable bonds is 2. The molecular formula is C17H22F3NO3. The van der Waals surface area contributed by atoms with E-state index in [9.17, 15) is 27.9 Å². The highest BCUT2D eigenvalue weighted by Gasteiger charge is 2.33. The number of carboxylic acid groups (broad SMARTS) is 1. The second kappa shape index (κ2) is 8.17. The minimum absolute atomic E-state index is 0.0515. The molecule has 1 fully saturated rings. The summed E-state index contributed by atoms with van der Waals surface area (Å²) in [6, 6.07) is 2.86. The zero-order chi connectivity index (χ0) is 18.5. The van der Waals surface area contributed by atoms with E-state index in [0.29, 0.717) is 37.6 Å². The SMILES string of the molecule is CC.CC(=O)N1CCC(c2ccc(C(F)(F)F)cc2C(=O)O)CC1. The summed E-state index contributed by atoms with van der Waals surface area (Å²) in [5.74, 6) is -1.57. The van der Waals surface area contributed by atoms with Crippen LogP contribution in [0.2, 0.25) is 0 Å². The molecule has 1 aromatic carbocycles. The van der Waals surface area contributed by atoms with Crippen molar-refractivity contribution in [3.8, 4) is 0 Å². The molecule has 1 aliphatic rings. The number of nitrogens with zero attached hydrogens (tertiary/aromatic N) is 1. The van der Waals surface area contributed by atoms with Gasteiger partial charge in [0.25, 0.3) is 0 Å². The average molecular weight is 345 g/mol. The van der Waals surface area contributed by atoms with Crippen LogP contribution in [0.25, 0.3) is 0 Å². The Morgan fingerprint density at radius 1 is 1.17 bits per heavy atom. The number of halogens is 3. The maximum atomic E-state index is 12.7. The summed E-state index contributed by atoms with van der Waals surface area (Å²) in [6.07, 6.45) is -3.48. The Bertz CT molecular complexity index is 591. The lowest BCUT2D eigenvalue weighted by atomic mass is 9.85. The van der Waals surface area contributed by atoms with Crippen LogP contribution < -0.4 is 0 Å². The van der Waals surface area contributed by atoms with E-state index in [0.717, 1.165) is 6.07 Å². The monoisotopic (exact) mass is 345 g/mol. The van der Waals surface area contributed by atoms with Crippen molar-refractivity contribution >= 4 is 11.9 Å². The third-order valence-electron chi connectivity index (χ3n) is 3.99. The molecule has 0 saturated carbocycles. The quantitative estimate of drug-likeness (QED) is 0.876. The summed E-state index contributed by atoms with van der Waals surface area (Å²) in [5, 5.41) is 9.19. The largest absolute Gasteiger partial charge is 0.478 e. The molecule has 1 heterocycles. The second-order valence-electron chi connectivity index (χ2n) is 5.39. The fourth-order valence-electron chi connectivity index (χ4n) is 2.78. The van der Waals surface area contributed by atoms with Crippen LogP contribution in [0.5, 0.6) is 0 Å². The molecular weight excluding hydrogens is 323 g/mol. The highest BCUT2D eigenvalue weighted by atomic mass is 19.4. The molecule has 1 saturated heterocycles. The number of hydrogen-bond donors (Lipinski definition) is 1. The smallest absolute Gasteiger partial charge is 0.416 e. The number of amides is 1. The highest BCUT2D eigenvalue weighted by Crippen LogP contribution is 2.35. The molecule has 0 aliphatic carbocycles. The Kier molecular flexibility index (Phi) is 6.81. The Morgan fingerprint density at radius 2 is 1.71 bits per heavy atom. The van der Waals surface area contributed by atoms with Crippen LogP contribution in [-0.2, 0) is 11.0 Å². The molecule has 7 heteroatoms. The van der Waals surface area contributed by atoms with E-state index < -0.39 is 17.7 Å². The molecule has 0 atom stereocenters. The number of hydrogen-bond acceptors (Lipinski definition) is 2. The summed E-state index contributed by atoms with van der Waals surface area (Å²) in [5.41, 5.74) is -0.866. The zero-order valence-electron chi connectivity index (χ0n) is 14.0. The molecule has 1 aliphatic heterocycles. The first-order valence-corrected chi connectivity index (χ1v) is 7.90. The number of alkyl halides is 3. The first kappa shape index (κ1) is 20.0. The molecule has 1 aromatic rings. The predicted molar refractivity (Wildman–Crippen MR) is 84.0 cm³/mol. The van der Waals surface area contributed by atoms with E-state index in [2.05, 4.69) is 0 Å². The summed E-state index contributed by atoms with van der Waals surface area (Å²) in [6.45, 7) is 6.43. The Hall–Kier alpha value is -2.05. The lowest BCUT2D eigenvalue weighted by Crippen LogP contribution is -2.36. The fourth-order valence-corrected chi connectivity index (χ4v) is 2.78. The summed E-state index contributed by atoms with van der Waals surface area (Å²) in [7, 11) is 0. The van der Waals surface area contributed by atoms with Gasteiger partial charge in [0, 0.05) is 20.0 Å². The number of carbonyl (C=O) groups is 2. The molecule has 1 amide bonds. The van der Waals surface area contributed by atoms with E-state index >= 15 is 0 Å². The van der Waals surface area contributed by atoms with Gasteiger partial charge < -0.3 is 10.0 Å². The second-order valence-corrected chi connectivity index (χ2v) is 5.39. The standard InChI is InChI=1S/C15H16F3NO3.C2H6/c1-9(20)19-6-4-10(5-7-19)12-3-2-11(15(16,17)18)8-13(12)14(21)22;1-2/h2-3,8,10H,4-7H2,1H3,(H,21,22);1-2H3. The Labute approximate surface area is 139 Å². The van der Waals surface area contributed by atoms with Gasteiger partial charge >= 0.3 is 12.1 Å². The third-order valence-corrected chi connectivity index (χ3v) is 3.99. The van der Waals surface area contributed by atoms with E-state index in [1.165, 1.54) is 13.0 Å². The van der Waals surface area contributed by atoms with Crippen molar-refractivity contribution in [1.82, 2.24) is 4.90 Å².